The summed E-state index contributed by atoms with van der Waals surface area (Å²) in [4.78, 5) is 17.1. The minimum Gasteiger partial charge on any atom is -0.436 e. The van der Waals surface area contributed by atoms with E-state index < -0.39 is 0 Å². The number of hydrogen-bond acceptors (Lipinski definition) is 3. The standard InChI is InChI=1S/C26H26N2O2/c1-17-8-13-23-22(14-17)28-25(30-23)19-6-5-7-21(16-19)27-24(29)15-18-9-11-20(12-10-18)26(2,3)4/h5-14,16H,15H2,1-4H3,(H,27,29). The summed E-state index contributed by atoms with van der Waals surface area (Å²) in [6, 6.07) is 21.7. The zero-order chi connectivity index (χ0) is 21.3. The number of aromatic nitrogens is 1. The first-order chi connectivity index (χ1) is 14.3. The molecular weight excluding hydrogens is 372 g/mol. The Kier molecular flexibility index (Phi) is 5.17. The Labute approximate surface area is 177 Å². The summed E-state index contributed by atoms with van der Waals surface area (Å²) in [5.41, 5.74) is 6.63. The van der Waals surface area contributed by atoms with Crippen LogP contribution in [0, 0.1) is 6.92 Å². The molecule has 0 saturated carbocycles. The highest BCUT2D eigenvalue weighted by Crippen LogP contribution is 2.27. The van der Waals surface area contributed by atoms with Crippen molar-refractivity contribution in [1.82, 2.24) is 4.98 Å². The molecule has 1 N–H and O–H groups in total. The van der Waals surface area contributed by atoms with Crippen molar-refractivity contribution in [2.75, 3.05) is 5.32 Å². The van der Waals surface area contributed by atoms with Crippen LogP contribution >= 0.6 is 0 Å². The molecule has 30 heavy (non-hydrogen) atoms. The average molecular weight is 399 g/mol. The van der Waals surface area contributed by atoms with Crippen LogP contribution in [0.25, 0.3) is 22.6 Å². The van der Waals surface area contributed by atoms with E-state index in [2.05, 4.69) is 43.2 Å². The van der Waals surface area contributed by atoms with E-state index in [9.17, 15) is 4.79 Å². The van der Waals surface area contributed by atoms with Crippen LogP contribution in [-0.4, -0.2) is 10.9 Å². The monoisotopic (exact) mass is 398 g/mol. The Bertz CT molecular complexity index is 1200. The molecular formula is C26H26N2O2. The molecule has 4 nitrogen and oxygen atoms in total. The van der Waals surface area contributed by atoms with E-state index in [1.165, 1.54) is 5.56 Å². The van der Waals surface area contributed by atoms with E-state index in [1.807, 2.05) is 61.5 Å². The number of oxazole rings is 1. The van der Waals surface area contributed by atoms with Gasteiger partial charge in [0.2, 0.25) is 11.8 Å². The maximum Gasteiger partial charge on any atom is 0.228 e. The molecule has 0 aliphatic carbocycles. The molecule has 0 radical (unpaired) electrons. The third kappa shape index (κ3) is 4.43. The third-order valence-corrected chi connectivity index (χ3v) is 5.12. The van der Waals surface area contributed by atoms with Gasteiger partial charge in [0.15, 0.2) is 5.58 Å². The minimum atomic E-state index is -0.0520. The van der Waals surface area contributed by atoms with Gasteiger partial charge in [-0.15, -0.1) is 0 Å². The van der Waals surface area contributed by atoms with Crippen LogP contribution in [0.1, 0.15) is 37.5 Å². The number of carbonyl (C=O) groups is 1. The molecule has 1 aromatic heterocycles. The zero-order valence-electron chi connectivity index (χ0n) is 17.8. The summed E-state index contributed by atoms with van der Waals surface area (Å²) in [6.45, 7) is 8.57. The second-order valence-electron chi connectivity index (χ2n) is 8.74. The normalized spacial score (nSPS) is 11.6. The largest absolute Gasteiger partial charge is 0.436 e. The fraction of sp³-hybridized carbons (Fsp3) is 0.231. The van der Waals surface area contributed by atoms with Gasteiger partial charge in [-0.1, -0.05) is 57.2 Å². The van der Waals surface area contributed by atoms with Gasteiger partial charge in [0.1, 0.15) is 5.52 Å². The second kappa shape index (κ2) is 7.79. The smallest absolute Gasteiger partial charge is 0.228 e. The Morgan fingerprint density at radius 3 is 2.50 bits per heavy atom. The fourth-order valence-electron chi connectivity index (χ4n) is 3.40. The molecule has 0 aliphatic heterocycles. The topological polar surface area (TPSA) is 55.1 Å². The Morgan fingerprint density at radius 1 is 1.00 bits per heavy atom. The number of hydrogen-bond donors (Lipinski definition) is 1. The molecule has 4 aromatic rings. The summed E-state index contributed by atoms with van der Waals surface area (Å²) in [6.07, 6.45) is 0.330. The van der Waals surface area contributed by atoms with E-state index in [0.717, 1.165) is 33.5 Å². The van der Waals surface area contributed by atoms with Gasteiger partial charge in [-0.05, 0) is 59.4 Å². The number of benzene rings is 3. The lowest BCUT2D eigenvalue weighted by Gasteiger charge is -2.19. The number of amides is 1. The maximum atomic E-state index is 12.5. The van der Waals surface area contributed by atoms with Crippen LogP contribution in [-0.2, 0) is 16.6 Å². The van der Waals surface area contributed by atoms with E-state index >= 15 is 0 Å². The van der Waals surface area contributed by atoms with Crippen molar-refractivity contribution in [1.29, 1.82) is 0 Å². The third-order valence-electron chi connectivity index (χ3n) is 5.12. The van der Waals surface area contributed by atoms with Crippen LogP contribution in [0.3, 0.4) is 0 Å². The first-order valence-electron chi connectivity index (χ1n) is 10.1. The lowest BCUT2D eigenvalue weighted by Crippen LogP contribution is -2.15. The van der Waals surface area contributed by atoms with Gasteiger partial charge >= 0.3 is 0 Å². The predicted molar refractivity (Wildman–Crippen MR) is 122 cm³/mol. The van der Waals surface area contributed by atoms with E-state index in [1.54, 1.807) is 0 Å². The molecule has 0 spiro atoms. The van der Waals surface area contributed by atoms with Crippen LogP contribution in [0.5, 0.6) is 0 Å². The van der Waals surface area contributed by atoms with Crippen LogP contribution in [0.2, 0.25) is 0 Å². The predicted octanol–water partition coefficient (Wildman–Crippen LogP) is 6.28. The van der Waals surface area contributed by atoms with Crippen molar-refractivity contribution in [3.63, 3.8) is 0 Å². The van der Waals surface area contributed by atoms with Crippen molar-refractivity contribution in [3.05, 3.63) is 83.4 Å². The number of nitrogens with one attached hydrogen (secondary N) is 1. The molecule has 4 rings (SSSR count). The van der Waals surface area contributed by atoms with Crippen LogP contribution in [0.4, 0.5) is 5.69 Å². The molecule has 0 atom stereocenters. The summed E-state index contributed by atoms with van der Waals surface area (Å²) in [5, 5.41) is 2.98. The van der Waals surface area contributed by atoms with Gasteiger partial charge in [0, 0.05) is 11.3 Å². The van der Waals surface area contributed by atoms with Gasteiger partial charge in [-0.3, -0.25) is 4.79 Å². The van der Waals surface area contributed by atoms with Gasteiger partial charge in [-0.2, -0.15) is 0 Å². The molecule has 4 heteroatoms. The first kappa shape index (κ1) is 19.9. The van der Waals surface area contributed by atoms with E-state index in [-0.39, 0.29) is 11.3 Å². The summed E-state index contributed by atoms with van der Waals surface area (Å²) in [5.74, 6) is 0.494. The van der Waals surface area contributed by atoms with Gasteiger partial charge in [0.05, 0.1) is 6.42 Å². The van der Waals surface area contributed by atoms with Crippen molar-refractivity contribution in [2.24, 2.45) is 0 Å². The number of fused-ring (bicyclic) bond motifs is 1. The SMILES string of the molecule is Cc1ccc2oc(-c3cccc(NC(=O)Cc4ccc(C(C)(C)C)cc4)c3)nc2c1. The molecule has 1 amide bonds. The van der Waals surface area contributed by atoms with Crippen molar-refractivity contribution in [2.45, 2.75) is 39.5 Å². The molecule has 1 heterocycles. The number of anilines is 1. The van der Waals surface area contributed by atoms with Gasteiger partial charge in [-0.25, -0.2) is 4.98 Å². The molecule has 3 aromatic carbocycles. The Hall–Kier alpha value is -3.40. The summed E-state index contributed by atoms with van der Waals surface area (Å²) >= 11 is 0. The highest BCUT2D eigenvalue weighted by molar-refractivity contribution is 5.93. The maximum absolute atomic E-state index is 12.5. The lowest BCUT2D eigenvalue weighted by molar-refractivity contribution is -0.115. The highest BCUT2D eigenvalue weighted by Gasteiger charge is 2.14. The van der Waals surface area contributed by atoms with Gasteiger partial charge < -0.3 is 9.73 Å². The van der Waals surface area contributed by atoms with E-state index in [4.69, 9.17) is 4.42 Å². The summed E-state index contributed by atoms with van der Waals surface area (Å²) in [7, 11) is 0. The van der Waals surface area contributed by atoms with Crippen LogP contribution < -0.4 is 5.32 Å². The molecule has 0 aliphatic rings. The molecule has 0 saturated heterocycles. The van der Waals surface area contributed by atoms with Crippen molar-refractivity contribution >= 4 is 22.7 Å². The van der Waals surface area contributed by atoms with E-state index in [0.29, 0.717) is 12.3 Å². The van der Waals surface area contributed by atoms with Crippen molar-refractivity contribution in [3.8, 4) is 11.5 Å². The first-order valence-corrected chi connectivity index (χ1v) is 10.1. The lowest BCUT2D eigenvalue weighted by atomic mass is 9.86. The zero-order valence-corrected chi connectivity index (χ0v) is 17.8. The highest BCUT2D eigenvalue weighted by atomic mass is 16.3. The second-order valence-corrected chi connectivity index (χ2v) is 8.74. The number of carbonyl (C=O) groups excluding carboxylic acids is 1. The quantitative estimate of drug-likeness (QED) is 0.440. The minimum absolute atomic E-state index is 0.0520. The summed E-state index contributed by atoms with van der Waals surface area (Å²) < 4.78 is 5.88. The average Bonchev–Trinajstić information content (AvgIpc) is 3.11. The van der Waals surface area contributed by atoms with Crippen LogP contribution in [0.15, 0.2) is 71.1 Å². The fourth-order valence-corrected chi connectivity index (χ4v) is 3.40. The molecule has 0 bridgehead atoms. The van der Waals surface area contributed by atoms with Gasteiger partial charge in [0.25, 0.3) is 0 Å². The molecule has 152 valence electrons. The molecule has 0 unspecified atom stereocenters. The number of aryl methyl sites for hydroxylation is 1. The Morgan fingerprint density at radius 2 is 1.77 bits per heavy atom. The molecule has 0 fully saturated rings. The van der Waals surface area contributed by atoms with Crippen molar-refractivity contribution < 1.29 is 9.21 Å². The Balaban J connectivity index is 1.47. The number of rotatable bonds is 4. The number of nitrogens with zero attached hydrogens (tertiary/aromatic N) is 1.